The van der Waals surface area contributed by atoms with Gasteiger partial charge in [-0.1, -0.05) is 28.8 Å². The first-order chi connectivity index (χ1) is 12.5. The Bertz CT molecular complexity index is 623. The van der Waals surface area contributed by atoms with Crippen LogP contribution >= 0.6 is 27.7 Å². The maximum Gasteiger partial charge on any atom is 0.235 e. The van der Waals surface area contributed by atoms with Gasteiger partial charge in [-0.15, -0.1) is 11.8 Å². The molecule has 1 aliphatic carbocycles. The molecule has 0 spiro atoms. The number of rotatable bonds is 5. The molecule has 1 saturated heterocycles. The smallest absolute Gasteiger partial charge is 0.235 e. The zero-order valence-electron chi connectivity index (χ0n) is 15.3. The Hall–Kier alpha value is -1.01. The van der Waals surface area contributed by atoms with Crippen LogP contribution in [0, 0.1) is 5.92 Å². The Balaban J connectivity index is 1.45. The summed E-state index contributed by atoms with van der Waals surface area (Å²) in [7, 11) is 0. The van der Waals surface area contributed by atoms with Crippen LogP contribution in [0.15, 0.2) is 33.6 Å². The molecule has 1 aliphatic heterocycles. The van der Waals surface area contributed by atoms with E-state index in [2.05, 4.69) is 15.9 Å². The lowest BCUT2D eigenvalue weighted by atomic mass is 10.0. The summed E-state index contributed by atoms with van der Waals surface area (Å²) in [5.41, 5.74) is 0. The average molecular weight is 439 g/mol. The second-order valence-electron chi connectivity index (χ2n) is 7.27. The number of piperazine rings is 1. The van der Waals surface area contributed by atoms with Crippen molar-refractivity contribution in [2.24, 2.45) is 5.92 Å². The van der Waals surface area contributed by atoms with E-state index in [1.807, 2.05) is 41.0 Å². The third kappa shape index (κ3) is 5.26. The molecule has 1 unspecified atom stereocenters. The van der Waals surface area contributed by atoms with E-state index >= 15 is 0 Å². The molecule has 0 radical (unpaired) electrons. The quantitative estimate of drug-likeness (QED) is 0.647. The number of benzene rings is 1. The largest absolute Gasteiger partial charge is 0.339 e. The Kier molecular flexibility index (Phi) is 7.04. The first kappa shape index (κ1) is 19.7. The number of thioether (sulfide) groups is 1. The first-order valence-electron chi connectivity index (χ1n) is 9.51. The molecule has 1 aromatic carbocycles. The topological polar surface area (TPSA) is 40.6 Å². The van der Waals surface area contributed by atoms with Crippen LogP contribution in [-0.4, -0.2) is 53.0 Å². The molecular formula is C20H27BrN2O2S. The summed E-state index contributed by atoms with van der Waals surface area (Å²) in [6, 6.07) is 8.04. The van der Waals surface area contributed by atoms with Crippen LogP contribution in [0.5, 0.6) is 0 Å². The van der Waals surface area contributed by atoms with Crippen molar-refractivity contribution in [1.82, 2.24) is 9.80 Å². The van der Waals surface area contributed by atoms with Crippen LogP contribution in [0.1, 0.15) is 39.0 Å². The van der Waals surface area contributed by atoms with Gasteiger partial charge in [-0.05, 0) is 49.9 Å². The number of carbonyl (C=O) groups excluding carboxylic acids is 2. The van der Waals surface area contributed by atoms with Crippen molar-refractivity contribution in [3.05, 3.63) is 28.7 Å². The van der Waals surface area contributed by atoms with Gasteiger partial charge in [-0.2, -0.15) is 0 Å². The van der Waals surface area contributed by atoms with Gasteiger partial charge in [-0.3, -0.25) is 9.59 Å². The SMILES string of the molecule is CC(Sc1ccc(Br)cc1)C(=O)N1CCN(C(=O)CC2CCCC2)CC1. The summed E-state index contributed by atoms with van der Waals surface area (Å²) in [4.78, 5) is 30.1. The van der Waals surface area contributed by atoms with Crippen LogP contribution in [-0.2, 0) is 9.59 Å². The fraction of sp³-hybridized carbons (Fsp3) is 0.600. The van der Waals surface area contributed by atoms with E-state index in [1.54, 1.807) is 11.8 Å². The lowest BCUT2D eigenvalue weighted by Gasteiger charge is -2.36. The van der Waals surface area contributed by atoms with Crippen molar-refractivity contribution in [1.29, 1.82) is 0 Å². The molecule has 0 N–H and O–H groups in total. The van der Waals surface area contributed by atoms with E-state index in [9.17, 15) is 9.59 Å². The average Bonchev–Trinajstić information content (AvgIpc) is 3.16. The van der Waals surface area contributed by atoms with Crippen LogP contribution < -0.4 is 0 Å². The minimum absolute atomic E-state index is 0.114. The van der Waals surface area contributed by atoms with Gasteiger partial charge in [0, 0.05) is 42.0 Å². The molecule has 3 rings (SSSR count). The molecule has 0 aromatic heterocycles. The molecule has 2 aliphatic rings. The summed E-state index contributed by atoms with van der Waals surface area (Å²) >= 11 is 5.02. The first-order valence-corrected chi connectivity index (χ1v) is 11.2. The summed E-state index contributed by atoms with van der Waals surface area (Å²) in [5, 5.41) is -0.114. The predicted molar refractivity (Wildman–Crippen MR) is 109 cm³/mol. The standard InChI is InChI=1S/C20H27BrN2O2S/c1-15(26-18-8-6-17(21)7-9-18)20(25)23-12-10-22(11-13-23)19(24)14-16-4-2-3-5-16/h6-9,15-16H,2-5,10-14H2,1H3. The zero-order valence-corrected chi connectivity index (χ0v) is 17.7. The van der Waals surface area contributed by atoms with Gasteiger partial charge in [0.2, 0.25) is 11.8 Å². The summed E-state index contributed by atoms with van der Waals surface area (Å²) in [5.74, 6) is 1.03. The maximum atomic E-state index is 12.7. The number of nitrogens with zero attached hydrogens (tertiary/aromatic N) is 2. The molecular weight excluding hydrogens is 412 g/mol. The van der Waals surface area contributed by atoms with Gasteiger partial charge in [0.1, 0.15) is 0 Å². The highest BCUT2D eigenvalue weighted by molar-refractivity contribution is 9.10. The molecule has 1 aromatic rings. The minimum Gasteiger partial charge on any atom is -0.339 e. The molecule has 4 nitrogen and oxygen atoms in total. The molecule has 1 atom stereocenters. The van der Waals surface area contributed by atoms with Crippen LogP contribution in [0.3, 0.4) is 0 Å². The second-order valence-corrected chi connectivity index (χ2v) is 9.60. The van der Waals surface area contributed by atoms with Gasteiger partial charge in [-0.25, -0.2) is 0 Å². The van der Waals surface area contributed by atoms with Gasteiger partial charge >= 0.3 is 0 Å². The third-order valence-corrected chi connectivity index (χ3v) is 6.98. The van der Waals surface area contributed by atoms with Gasteiger partial charge < -0.3 is 9.80 Å². The maximum absolute atomic E-state index is 12.7. The molecule has 26 heavy (non-hydrogen) atoms. The van der Waals surface area contributed by atoms with Crippen molar-refractivity contribution >= 4 is 39.5 Å². The van der Waals surface area contributed by atoms with E-state index in [0.717, 1.165) is 9.37 Å². The Labute approximate surface area is 168 Å². The highest BCUT2D eigenvalue weighted by atomic mass is 79.9. The Morgan fingerprint density at radius 3 is 2.27 bits per heavy atom. The highest BCUT2D eigenvalue weighted by Gasteiger charge is 2.28. The van der Waals surface area contributed by atoms with Crippen LogP contribution in [0.4, 0.5) is 0 Å². The summed E-state index contributed by atoms with van der Waals surface area (Å²) in [6.07, 6.45) is 5.65. The fourth-order valence-electron chi connectivity index (χ4n) is 3.79. The van der Waals surface area contributed by atoms with Crippen LogP contribution in [0.25, 0.3) is 0 Å². The molecule has 2 fully saturated rings. The lowest BCUT2D eigenvalue weighted by molar-refractivity contribution is -0.139. The van der Waals surface area contributed by atoms with E-state index in [0.29, 0.717) is 38.5 Å². The zero-order chi connectivity index (χ0) is 18.5. The number of hydrogen-bond donors (Lipinski definition) is 0. The Morgan fingerprint density at radius 2 is 1.65 bits per heavy atom. The molecule has 2 amide bonds. The second kappa shape index (κ2) is 9.27. The van der Waals surface area contributed by atoms with E-state index in [4.69, 9.17) is 0 Å². The number of amides is 2. The van der Waals surface area contributed by atoms with Crippen molar-refractivity contribution in [2.75, 3.05) is 26.2 Å². The molecule has 142 valence electrons. The lowest BCUT2D eigenvalue weighted by Crippen LogP contribution is -2.52. The highest BCUT2D eigenvalue weighted by Crippen LogP contribution is 2.29. The minimum atomic E-state index is -0.114. The third-order valence-electron chi connectivity index (χ3n) is 5.36. The number of hydrogen-bond acceptors (Lipinski definition) is 3. The van der Waals surface area contributed by atoms with Crippen molar-refractivity contribution in [3.8, 4) is 0 Å². The Morgan fingerprint density at radius 1 is 1.08 bits per heavy atom. The summed E-state index contributed by atoms with van der Waals surface area (Å²) in [6.45, 7) is 4.62. The van der Waals surface area contributed by atoms with E-state index in [-0.39, 0.29) is 17.1 Å². The van der Waals surface area contributed by atoms with Crippen molar-refractivity contribution in [2.45, 2.75) is 49.2 Å². The van der Waals surface area contributed by atoms with Crippen molar-refractivity contribution in [3.63, 3.8) is 0 Å². The normalized spacial score (nSPS) is 19.6. The predicted octanol–water partition coefficient (Wildman–Crippen LogP) is 4.18. The van der Waals surface area contributed by atoms with E-state index < -0.39 is 0 Å². The molecule has 6 heteroatoms. The summed E-state index contributed by atoms with van der Waals surface area (Å²) < 4.78 is 1.04. The van der Waals surface area contributed by atoms with Gasteiger partial charge in [0.15, 0.2) is 0 Å². The van der Waals surface area contributed by atoms with Crippen LogP contribution in [0.2, 0.25) is 0 Å². The molecule has 0 bridgehead atoms. The monoisotopic (exact) mass is 438 g/mol. The van der Waals surface area contributed by atoms with Crippen molar-refractivity contribution < 1.29 is 9.59 Å². The number of carbonyl (C=O) groups is 2. The molecule has 1 heterocycles. The van der Waals surface area contributed by atoms with E-state index in [1.165, 1.54) is 25.7 Å². The van der Waals surface area contributed by atoms with Gasteiger partial charge in [0.25, 0.3) is 0 Å². The fourth-order valence-corrected chi connectivity index (χ4v) is 5.01. The molecule has 1 saturated carbocycles. The van der Waals surface area contributed by atoms with Gasteiger partial charge in [0.05, 0.1) is 5.25 Å². The number of halogens is 1.